The Balaban J connectivity index is 2.01. The molecule has 1 aromatic carbocycles. The van der Waals surface area contributed by atoms with E-state index in [2.05, 4.69) is 5.32 Å². The molecule has 2 rings (SSSR count). The molecule has 1 unspecified atom stereocenters. The van der Waals surface area contributed by atoms with Crippen LogP contribution in [0.25, 0.3) is 0 Å². The van der Waals surface area contributed by atoms with Gasteiger partial charge in [-0.3, -0.25) is 4.79 Å². The van der Waals surface area contributed by atoms with Gasteiger partial charge < -0.3 is 10.2 Å². The Labute approximate surface area is 147 Å². The smallest absolute Gasteiger partial charge is 0.336 e. The van der Waals surface area contributed by atoms with Crippen LogP contribution in [0.4, 0.5) is 13.2 Å². The second-order valence-electron chi connectivity index (χ2n) is 6.71. The number of rotatable bonds is 6. The molecule has 1 saturated heterocycles. The van der Waals surface area contributed by atoms with Crippen molar-refractivity contribution in [1.82, 2.24) is 10.2 Å². The van der Waals surface area contributed by atoms with Crippen molar-refractivity contribution >= 4 is 5.91 Å². The fourth-order valence-corrected chi connectivity index (χ4v) is 3.46. The third-order valence-electron chi connectivity index (χ3n) is 5.05. The van der Waals surface area contributed by atoms with Gasteiger partial charge in [0, 0.05) is 13.0 Å². The summed E-state index contributed by atoms with van der Waals surface area (Å²) < 4.78 is 38.7. The minimum atomic E-state index is -4.37. The fraction of sp³-hybridized carbons (Fsp3) is 0.632. The zero-order valence-corrected chi connectivity index (χ0v) is 14.9. The second kappa shape index (κ2) is 8.70. The van der Waals surface area contributed by atoms with Gasteiger partial charge in [0.1, 0.15) is 0 Å². The maximum atomic E-state index is 12.9. The molecule has 140 valence electrons. The molecule has 1 aliphatic rings. The zero-order chi connectivity index (χ0) is 18.4. The number of carbonyl (C=O) groups is 1. The average Bonchev–Trinajstić information content (AvgIpc) is 2.60. The van der Waals surface area contributed by atoms with Crippen LogP contribution in [-0.4, -0.2) is 30.4 Å². The van der Waals surface area contributed by atoms with E-state index in [4.69, 9.17) is 0 Å². The predicted octanol–water partition coefficient (Wildman–Crippen LogP) is 4.39. The van der Waals surface area contributed by atoms with Crippen molar-refractivity contribution in [3.63, 3.8) is 0 Å². The van der Waals surface area contributed by atoms with Crippen molar-refractivity contribution < 1.29 is 18.0 Å². The lowest BCUT2D eigenvalue weighted by Gasteiger charge is -2.30. The lowest BCUT2D eigenvalue weighted by Crippen LogP contribution is -2.34. The van der Waals surface area contributed by atoms with Gasteiger partial charge >= 0.3 is 6.18 Å². The summed E-state index contributed by atoms with van der Waals surface area (Å²) in [5.74, 6) is 0.582. The zero-order valence-electron chi connectivity index (χ0n) is 14.9. The van der Waals surface area contributed by atoms with E-state index in [9.17, 15) is 18.0 Å². The predicted molar refractivity (Wildman–Crippen MR) is 92.1 cm³/mol. The molecule has 1 aromatic rings. The van der Waals surface area contributed by atoms with Gasteiger partial charge in [-0.2, -0.15) is 13.2 Å². The Morgan fingerprint density at radius 2 is 2.00 bits per heavy atom. The Morgan fingerprint density at radius 1 is 1.32 bits per heavy atom. The Hall–Kier alpha value is -1.56. The molecule has 0 radical (unpaired) electrons. The highest BCUT2D eigenvalue weighted by molar-refractivity contribution is 5.76. The fourth-order valence-electron chi connectivity index (χ4n) is 3.46. The quantitative estimate of drug-likeness (QED) is 0.820. The summed E-state index contributed by atoms with van der Waals surface area (Å²) in [5, 5.41) is 3.31. The van der Waals surface area contributed by atoms with Gasteiger partial charge in [0.15, 0.2) is 0 Å². The standard InChI is InChI=1S/C19H27F3N2O/c1-3-24(18(25)8-7-15-9-11-23-12-10-15)14(2)16-5-4-6-17(13-16)19(20,21)22/h4-6,13-15,23H,3,7-12H2,1-2H3. The van der Waals surface area contributed by atoms with Crippen molar-refractivity contribution in [2.24, 2.45) is 5.92 Å². The van der Waals surface area contributed by atoms with E-state index < -0.39 is 11.7 Å². The number of hydrogen-bond donors (Lipinski definition) is 1. The molecule has 3 nitrogen and oxygen atoms in total. The lowest BCUT2D eigenvalue weighted by molar-refractivity contribution is -0.137. The van der Waals surface area contributed by atoms with Crippen LogP contribution in [0.2, 0.25) is 0 Å². The van der Waals surface area contributed by atoms with E-state index in [1.54, 1.807) is 17.9 Å². The summed E-state index contributed by atoms with van der Waals surface area (Å²) in [5.41, 5.74) is -0.151. The largest absolute Gasteiger partial charge is 0.416 e. The van der Waals surface area contributed by atoms with Crippen molar-refractivity contribution in [3.05, 3.63) is 35.4 Å². The van der Waals surface area contributed by atoms with Gasteiger partial charge in [-0.25, -0.2) is 0 Å². The Kier molecular flexibility index (Phi) is 6.87. The highest BCUT2D eigenvalue weighted by Crippen LogP contribution is 2.32. The average molecular weight is 356 g/mol. The van der Waals surface area contributed by atoms with Crippen LogP contribution in [0.1, 0.15) is 56.7 Å². The number of amides is 1. The van der Waals surface area contributed by atoms with Crippen LogP contribution in [0.5, 0.6) is 0 Å². The maximum absolute atomic E-state index is 12.9. The van der Waals surface area contributed by atoms with Gasteiger partial charge in [0.2, 0.25) is 5.91 Å². The highest BCUT2D eigenvalue weighted by atomic mass is 19.4. The monoisotopic (exact) mass is 356 g/mol. The van der Waals surface area contributed by atoms with Gasteiger partial charge in [-0.1, -0.05) is 12.1 Å². The number of piperidine rings is 1. The molecule has 1 aliphatic heterocycles. The van der Waals surface area contributed by atoms with Gasteiger partial charge in [0.25, 0.3) is 0 Å². The summed E-state index contributed by atoms with van der Waals surface area (Å²) in [6.45, 7) is 6.14. The topological polar surface area (TPSA) is 32.3 Å². The van der Waals surface area contributed by atoms with Gasteiger partial charge in [0.05, 0.1) is 11.6 Å². The molecule has 0 spiro atoms. The van der Waals surface area contributed by atoms with E-state index in [1.165, 1.54) is 6.07 Å². The maximum Gasteiger partial charge on any atom is 0.416 e. The van der Waals surface area contributed by atoms with Crippen molar-refractivity contribution in [2.75, 3.05) is 19.6 Å². The molecule has 0 bridgehead atoms. The molecule has 1 heterocycles. The summed E-state index contributed by atoms with van der Waals surface area (Å²) in [6, 6.07) is 4.90. The van der Waals surface area contributed by atoms with Crippen molar-refractivity contribution in [2.45, 2.75) is 51.7 Å². The molecule has 1 amide bonds. The van der Waals surface area contributed by atoms with Crippen LogP contribution in [0.3, 0.4) is 0 Å². The van der Waals surface area contributed by atoms with Crippen molar-refractivity contribution in [3.8, 4) is 0 Å². The summed E-state index contributed by atoms with van der Waals surface area (Å²) in [6.07, 6.45) is -0.884. The van der Waals surface area contributed by atoms with E-state index in [-0.39, 0.29) is 11.9 Å². The van der Waals surface area contributed by atoms with E-state index in [0.717, 1.165) is 44.5 Å². The SMILES string of the molecule is CCN(C(=O)CCC1CCNCC1)C(C)c1cccc(C(F)(F)F)c1. The summed E-state index contributed by atoms with van der Waals surface area (Å²) >= 11 is 0. The highest BCUT2D eigenvalue weighted by Gasteiger charge is 2.31. The molecule has 1 fully saturated rings. The van der Waals surface area contributed by atoms with Gasteiger partial charge in [-0.05, 0) is 69.8 Å². The molecular weight excluding hydrogens is 329 g/mol. The number of nitrogens with zero attached hydrogens (tertiary/aromatic N) is 1. The number of benzene rings is 1. The summed E-state index contributed by atoms with van der Waals surface area (Å²) in [4.78, 5) is 14.3. The molecule has 0 saturated carbocycles. The van der Waals surface area contributed by atoms with Crippen LogP contribution < -0.4 is 5.32 Å². The Morgan fingerprint density at radius 3 is 2.60 bits per heavy atom. The molecule has 25 heavy (non-hydrogen) atoms. The first-order valence-corrected chi connectivity index (χ1v) is 9.00. The van der Waals surface area contributed by atoms with Crippen LogP contribution in [0.15, 0.2) is 24.3 Å². The summed E-state index contributed by atoms with van der Waals surface area (Å²) in [7, 11) is 0. The number of carbonyl (C=O) groups excluding carboxylic acids is 1. The molecule has 0 aliphatic carbocycles. The number of hydrogen-bond acceptors (Lipinski definition) is 2. The first-order valence-electron chi connectivity index (χ1n) is 9.00. The Bertz CT molecular complexity index is 568. The van der Waals surface area contributed by atoms with Crippen LogP contribution in [0, 0.1) is 5.92 Å². The third kappa shape index (κ3) is 5.46. The second-order valence-corrected chi connectivity index (χ2v) is 6.71. The van der Waals surface area contributed by atoms with Crippen molar-refractivity contribution in [1.29, 1.82) is 0 Å². The van der Waals surface area contributed by atoms with Crippen LogP contribution >= 0.6 is 0 Å². The molecular formula is C19H27F3N2O. The van der Waals surface area contributed by atoms with Gasteiger partial charge in [-0.15, -0.1) is 0 Å². The molecule has 1 atom stereocenters. The minimum Gasteiger partial charge on any atom is -0.336 e. The number of nitrogens with one attached hydrogen (secondary N) is 1. The third-order valence-corrected chi connectivity index (χ3v) is 5.05. The lowest BCUT2D eigenvalue weighted by atomic mass is 9.92. The number of alkyl halides is 3. The van der Waals surface area contributed by atoms with Crippen LogP contribution in [-0.2, 0) is 11.0 Å². The normalized spacial score (nSPS) is 17.3. The van der Waals surface area contributed by atoms with E-state index >= 15 is 0 Å². The minimum absolute atomic E-state index is 0.0194. The molecule has 6 heteroatoms. The first kappa shape index (κ1) is 19.8. The molecule has 0 aromatic heterocycles. The molecule has 1 N–H and O–H groups in total. The van der Waals surface area contributed by atoms with E-state index in [1.807, 2.05) is 6.92 Å². The number of halogens is 3. The first-order chi connectivity index (χ1) is 11.8. The van der Waals surface area contributed by atoms with E-state index in [0.29, 0.717) is 24.4 Å².